The molecule has 0 N–H and O–H groups in total. The Morgan fingerprint density at radius 1 is 1.33 bits per heavy atom. The number of benzene rings is 1. The topological polar surface area (TPSA) is 26.3 Å². The largest absolute Gasteiger partial charge is 0.453 e. The van der Waals surface area contributed by atoms with E-state index >= 15 is 0 Å². The molecule has 0 saturated heterocycles. The SMILES string of the molecule is Cc1ccc2c(c1)C(=O)/C(=C/C1CC=CCC1)O2. The number of ketones is 1. The molecule has 0 spiro atoms. The van der Waals surface area contributed by atoms with Crippen LogP contribution in [0, 0.1) is 12.8 Å². The zero-order valence-electron chi connectivity index (χ0n) is 10.5. The van der Waals surface area contributed by atoms with Crippen LogP contribution >= 0.6 is 0 Å². The molecule has 1 aliphatic carbocycles. The van der Waals surface area contributed by atoms with E-state index in [1.54, 1.807) is 0 Å². The van der Waals surface area contributed by atoms with Gasteiger partial charge in [0.25, 0.3) is 0 Å². The first-order valence-electron chi connectivity index (χ1n) is 6.44. The lowest BCUT2D eigenvalue weighted by atomic mass is 9.93. The van der Waals surface area contributed by atoms with Crippen molar-refractivity contribution in [2.24, 2.45) is 5.92 Å². The minimum atomic E-state index is 0.0308. The summed E-state index contributed by atoms with van der Waals surface area (Å²) in [5, 5.41) is 0. The first kappa shape index (κ1) is 11.3. The van der Waals surface area contributed by atoms with E-state index in [9.17, 15) is 4.79 Å². The third kappa shape index (κ3) is 1.99. The number of fused-ring (bicyclic) bond motifs is 1. The van der Waals surface area contributed by atoms with E-state index in [1.807, 2.05) is 31.2 Å². The van der Waals surface area contributed by atoms with Crippen molar-refractivity contribution in [3.8, 4) is 5.75 Å². The highest BCUT2D eigenvalue weighted by molar-refractivity contribution is 6.12. The van der Waals surface area contributed by atoms with E-state index in [2.05, 4.69) is 12.2 Å². The Balaban J connectivity index is 1.87. The maximum atomic E-state index is 12.2. The van der Waals surface area contributed by atoms with Crippen LogP contribution in [0.25, 0.3) is 0 Å². The van der Waals surface area contributed by atoms with Gasteiger partial charge in [-0.1, -0.05) is 23.8 Å². The van der Waals surface area contributed by atoms with Crippen LogP contribution in [0.5, 0.6) is 5.75 Å². The fraction of sp³-hybridized carbons (Fsp3) is 0.312. The summed E-state index contributed by atoms with van der Waals surface area (Å²) in [5.41, 5.74) is 1.79. The molecule has 2 heteroatoms. The molecule has 0 radical (unpaired) electrons. The fourth-order valence-corrected chi connectivity index (χ4v) is 2.50. The third-order valence-electron chi connectivity index (χ3n) is 3.52. The van der Waals surface area contributed by atoms with Crippen molar-refractivity contribution in [3.63, 3.8) is 0 Å². The molecule has 0 amide bonds. The molecule has 92 valence electrons. The Bertz CT molecular complexity index is 552. The summed E-state index contributed by atoms with van der Waals surface area (Å²) in [4.78, 5) is 12.2. The highest BCUT2D eigenvalue weighted by Crippen LogP contribution is 2.33. The number of carbonyl (C=O) groups is 1. The van der Waals surface area contributed by atoms with Crippen LogP contribution < -0.4 is 4.74 Å². The van der Waals surface area contributed by atoms with Crippen LogP contribution in [-0.4, -0.2) is 5.78 Å². The Labute approximate surface area is 107 Å². The average molecular weight is 240 g/mol. The van der Waals surface area contributed by atoms with Gasteiger partial charge in [0.2, 0.25) is 5.78 Å². The standard InChI is InChI=1S/C16H16O2/c1-11-7-8-14-13(9-11)16(17)15(18-14)10-12-5-3-2-4-6-12/h2-3,7-10,12H,4-6H2,1H3/b15-10-. The summed E-state index contributed by atoms with van der Waals surface area (Å²) in [6, 6.07) is 5.75. The van der Waals surface area contributed by atoms with Gasteiger partial charge < -0.3 is 4.74 Å². The number of hydrogen-bond acceptors (Lipinski definition) is 2. The summed E-state index contributed by atoms with van der Waals surface area (Å²) in [6.07, 6.45) is 9.59. The van der Waals surface area contributed by atoms with Crippen molar-refractivity contribution >= 4 is 5.78 Å². The Morgan fingerprint density at radius 2 is 2.22 bits per heavy atom. The van der Waals surface area contributed by atoms with Crippen LogP contribution in [0.15, 0.2) is 42.2 Å². The first-order valence-corrected chi connectivity index (χ1v) is 6.44. The fourth-order valence-electron chi connectivity index (χ4n) is 2.50. The van der Waals surface area contributed by atoms with Crippen molar-refractivity contribution in [3.05, 3.63) is 53.3 Å². The number of aryl methyl sites for hydroxylation is 1. The van der Waals surface area contributed by atoms with Crippen LogP contribution in [-0.2, 0) is 0 Å². The van der Waals surface area contributed by atoms with Crippen molar-refractivity contribution in [2.75, 3.05) is 0 Å². The highest BCUT2D eigenvalue weighted by Gasteiger charge is 2.28. The van der Waals surface area contributed by atoms with Crippen LogP contribution in [0.1, 0.15) is 35.2 Å². The van der Waals surface area contributed by atoms with Crippen LogP contribution in [0.2, 0.25) is 0 Å². The smallest absolute Gasteiger partial charge is 0.231 e. The summed E-state index contributed by atoms with van der Waals surface area (Å²) >= 11 is 0. The van der Waals surface area contributed by atoms with E-state index in [1.165, 1.54) is 0 Å². The van der Waals surface area contributed by atoms with Crippen molar-refractivity contribution in [2.45, 2.75) is 26.2 Å². The molecule has 3 rings (SSSR count). The van der Waals surface area contributed by atoms with Gasteiger partial charge in [-0.25, -0.2) is 0 Å². The van der Waals surface area contributed by atoms with Gasteiger partial charge in [-0.15, -0.1) is 0 Å². The zero-order valence-corrected chi connectivity index (χ0v) is 10.5. The lowest BCUT2D eigenvalue weighted by molar-refractivity contribution is 0.101. The van der Waals surface area contributed by atoms with Crippen molar-refractivity contribution in [1.82, 2.24) is 0 Å². The number of carbonyl (C=O) groups excluding carboxylic acids is 1. The van der Waals surface area contributed by atoms with Crippen LogP contribution in [0.4, 0.5) is 0 Å². The van der Waals surface area contributed by atoms with E-state index < -0.39 is 0 Å². The monoisotopic (exact) mass is 240 g/mol. The second-order valence-corrected chi connectivity index (χ2v) is 5.01. The summed E-state index contributed by atoms with van der Waals surface area (Å²) in [6.45, 7) is 1.99. The second kappa shape index (κ2) is 4.45. The average Bonchev–Trinajstić information content (AvgIpc) is 2.68. The van der Waals surface area contributed by atoms with E-state index in [-0.39, 0.29) is 5.78 Å². The van der Waals surface area contributed by atoms with E-state index in [0.29, 0.717) is 23.0 Å². The molecule has 1 aromatic carbocycles. The second-order valence-electron chi connectivity index (χ2n) is 5.01. The molecule has 2 nitrogen and oxygen atoms in total. The van der Waals surface area contributed by atoms with Gasteiger partial charge in [-0.2, -0.15) is 0 Å². The number of rotatable bonds is 1. The lowest BCUT2D eigenvalue weighted by Crippen LogP contribution is -2.05. The predicted octanol–water partition coefficient (Wildman–Crippen LogP) is 3.81. The number of ether oxygens (including phenoxy) is 1. The molecular weight excluding hydrogens is 224 g/mol. The molecule has 1 aromatic rings. The van der Waals surface area contributed by atoms with Gasteiger partial charge in [0.05, 0.1) is 5.56 Å². The molecule has 1 unspecified atom stereocenters. The number of Topliss-reactive ketones (excluding diaryl/α,β-unsaturated/α-hetero) is 1. The van der Waals surface area contributed by atoms with Crippen molar-refractivity contribution in [1.29, 1.82) is 0 Å². The van der Waals surface area contributed by atoms with Gasteiger partial charge in [0.15, 0.2) is 5.76 Å². The minimum Gasteiger partial charge on any atom is -0.453 e. The first-order chi connectivity index (χ1) is 8.74. The Hall–Kier alpha value is -1.83. The van der Waals surface area contributed by atoms with Gasteiger partial charge in [-0.3, -0.25) is 4.79 Å². The molecule has 0 saturated carbocycles. The Kier molecular flexibility index (Phi) is 2.78. The maximum absolute atomic E-state index is 12.2. The summed E-state index contributed by atoms with van der Waals surface area (Å²) in [7, 11) is 0. The normalized spacial score (nSPS) is 24.2. The zero-order chi connectivity index (χ0) is 12.5. The molecule has 0 aromatic heterocycles. The molecule has 1 atom stereocenters. The van der Waals surface area contributed by atoms with Gasteiger partial charge in [0, 0.05) is 0 Å². The van der Waals surface area contributed by atoms with Crippen LogP contribution in [0.3, 0.4) is 0 Å². The third-order valence-corrected chi connectivity index (χ3v) is 3.52. The molecule has 2 aliphatic rings. The van der Waals surface area contributed by atoms with Gasteiger partial charge in [0.1, 0.15) is 5.75 Å². The summed E-state index contributed by atoms with van der Waals surface area (Å²) in [5.74, 6) is 1.67. The maximum Gasteiger partial charge on any atom is 0.231 e. The Morgan fingerprint density at radius 3 is 3.00 bits per heavy atom. The minimum absolute atomic E-state index is 0.0308. The molecule has 0 bridgehead atoms. The molecule has 18 heavy (non-hydrogen) atoms. The van der Waals surface area contributed by atoms with E-state index in [0.717, 1.165) is 24.8 Å². The molecule has 0 fully saturated rings. The quantitative estimate of drug-likeness (QED) is 0.551. The van der Waals surface area contributed by atoms with E-state index in [4.69, 9.17) is 4.74 Å². The van der Waals surface area contributed by atoms with Crippen molar-refractivity contribution < 1.29 is 9.53 Å². The lowest BCUT2D eigenvalue weighted by Gasteiger charge is -2.13. The summed E-state index contributed by atoms with van der Waals surface area (Å²) < 4.78 is 5.66. The van der Waals surface area contributed by atoms with Gasteiger partial charge in [-0.05, 0) is 50.3 Å². The molecule has 1 aliphatic heterocycles. The molecular formula is C16H16O2. The molecule has 1 heterocycles. The number of allylic oxidation sites excluding steroid dienone is 4. The highest BCUT2D eigenvalue weighted by atomic mass is 16.5. The number of hydrogen-bond donors (Lipinski definition) is 0. The predicted molar refractivity (Wildman–Crippen MR) is 70.7 cm³/mol. The van der Waals surface area contributed by atoms with Gasteiger partial charge >= 0.3 is 0 Å².